The molecule has 0 radical (unpaired) electrons. The lowest BCUT2D eigenvalue weighted by atomic mass is 9.92. The first-order valence-electron chi connectivity index (χ1n) is 9.42. The van der Waals surface area contributed by atoms with Gasteiger partial charge in [-0.3, -0.25) is 4.90 Å². The van der Waals surface area contributed by atoms with Crippen LogP contribution in [0, 0.1) is 24.5 Å². The molecule has 0 unspecified atom stereocenters. The number of piperidine rings is 1. The summed E-state index contributed by atoms with van der Waals surface area (Å²) in [7, 11) is 0. The largest absolute Gasteiger partial charge is 0.493 e. The van der Waals surface area contributed by atoms with Gasteiger partial charge in [-0.25, -0.2) is 8.78 Å². The van der Waals surface area contributed by atoms with Crippen LogP contribution in [0.4, 0.5) is 22.0 Å². The van der Waals surface area contributed by atoms with Gasteiger partial charge in [-0.15, -0.1) is 10.2 Å². The van der Waals surface area contributed by atoms with Crippen LogP contribution in [0.1, 0.15) is 31.6 Å². The summed E-state index contributed by atoms with van der Waals surface area (Å²) in [6.45, 7) is 1.78. The first kappa shape index (κ1) is 21.5. The molecule has 0 saturated carbocycles. The van der Waals surface area contributed by atoms with Crippen LogP contribution >= 0.6 is 0 Å². The van der Waals surface area contributed by atoms with Gasteiger partial charge in [0.1, 0.15) is 22.9 Å². The Morgan fingerprint density at radius 2 is 1.79 bits per heavy atom. The number of hydrogen-bond acceptors (Lipinski definition) is 5. The minimum absolute atomic E-state index is 0.0555. The predicted octanol–water partition coefficient (Wildman–Crippen LogP) is 4.76. The Morgan fingerprint density at radius 3 is 2.34 bits per heavy atom. The van der Waals surface area contributed by atoms with Crippen molar-refractivity contribution in [3.8, 4) is 17.2 Å². The molecular formula is C19H22F5N3O2. The smallest absolute Gasteiger partial charge is 0.401 e. The summed E-state index contributed by atoms with van der Waals surface area (Å²) in [4.78, 5) is 1.42. The third-order valence-electron chi connectivity index (χ3n) is 4.89. The highest BCUT2D eigenvalue weighted by molar-refractivity contribution is 5.56. The minimum atomic E-state index is -4.16. The highest BCUT2D eigenvalue weighted by Crippen LogP contribution is 2.29. The number of likely N-dealkylation sites (tertiary alicyclic amines) is 1. The number of rotatable bonds is 7. The molecule has 0 atom stereocenters. The standard InChI is InChI=1S/C19H22F5N3O2/c1-12-25-26-18(29-12)17-15(20)9-14(10-16(17)21)28-8-2-3-13-4-6-27(7-5-13)11-19(22,23)24/h9-10,13H,2-8,11H2,1H3. The van der Waals surface area contributed by atoms with E-state index >= 15 is 0 Å². The molecule has 5 nitrogen and oxygen atoms in total. The summed E-state index contributed by atoms with van der Waals surface area (Å²) in [5.41, 5.74) is -0.399. The van der Waals surface area contributed by atoms with E-state index < -0.39 is 29.9 Å². The van der Waals surface area contributed by atoms with Crippen molar-refractivity contribution >= 4 is 0 Å². The van der Waals surface area contributed by atoms with Crippen LogP contribution in [-0.2, 0) is 0 Å². The van der Waals surface area contributed by atoms with E-state index in [2.05, 4.69) is 10.2 Å². The van der Waals surface area contributed by atoms with Gasteiger partial charge >= 0.3 is 6.18 Å². The van der Waals surface area contributed by atoms with E-state index in [1.165, 1.54) is 11.8 Å². The molecule has 2 aromatic rings. The molecule has 1 aromatic carbocycles. The van der Waals surface area contributed by atoms with Gasteiger partial charge in [0.25, 0.3) is 5.89 Å². The molecular weight excluding hydrogens is 397 g/mol. The summed E-state index contributed by atoms with van der Waals surface area (Å²) in [6.07, 6.45) is -1.31. The van der Waals surface area contributed by atoms with Gasteiger partial charge in [-0.1, -0.05) is 0 Å². The Labute approximate surface area is 164 Å². The van der Waals surface area contributed by atoms with Crippen molar-refractivity contribution in [3.05, 3.63) is 29.7 Å². The zero-order valence-electron chi connectivity index (χ0n) is 15.9. The third-order valence-corrected chi connectivity index (χ3v) is 4.89. The van der Waals surface area contributed by atoms with E-state index in [9.17, 15) is 22.0 Å². The summed E-state index contributed by atoms with van der Waals surface area (Å²) >= 11 is 0. The van der Waals surface area contributed by atoms with Crippen molar-refractivity contribution in [3.63, 3.8) is 0 Å². The summed E-state index contributed by atoms with van der Waals surface area (Å²) < 4.78 is 76.2. The topological polar surface area (TPSA) is 51.4 Å². The molecule has 0 spiro atoms. The minimum Gasteiger partial charge on any atom is -0.493 e. The molecule has 1 fully saturated rings. The van der Waals surface area contributed by atoms with Crippen molar-refractivity contribution in [1.82, 2.24) is 15.1 Å². The van der Waals surface area contributed by atoms with Crippen molar-refractivity contribution in [1.29, 1.82) is 0 Å². The van der Waals surface area contributed by atoms with Gasteiger partial charge in [0, 0.05) is 19.1 Å². The number of alkyl halides is 3. The van der Waals surface area contributed by atoms with Crippen LogP contribution in [0.2, 0.25) is 0 Å². The highest BCUT2D eigenvalue weighted by Gasteiger charge is 2.32. The maximum Gasteiger partial charge on any atom is 0.401 e. The summed E-state index contributed by atoms with van der Waals surface area (Å²) in [5.74, 6) is -1.37. The first-order valence-corrected chi connectivity index (χ1v) is 9.42. The van der Waals surface area contributed by atoms with E-state index in [4.69, 9.17) is 9.15 Å². The van der Waals surface area contributed by atoms with Crippen molar-refractivity contribution < 1.29 is 31.1 Å². The van der Waals surface area contributed by atoms with Gasteiger partial charge in [0.05, 0.1) is 13.2 Å². The molecule has 0 aliphatic carbocycles. The lowest BCUT2D eigenvalue weighted by molar-refractivity contribution is -0.148. The van der Waals surface area contributed by atoms with Crippen LogP contribution in [0.3, 0.4) is 0 Å². The fraction of sp³-hybridized carbons (Fsp3) is 0.579. The molecule has 1 aliphatic rings. The third kappa shape index (κ3) is 6.12. The highest BCUT2D eigenvalue weighted by atomic mass is 19.4. The van der Waals surface area contributed by atoms with E-state index in [-0.39, 0.29) is 24.1 Å². The number of hydrogen-bond donors (Lipinski definition) is 0. The van der Waals surface area contributed by atoms with Crippen LogP contribution in [0.25, 0.3) is 11.5 Å². The zero-order valence-corrected chi connectivity index (χ0v) is 15.9. The fourth-order valence-electron chi connectivity index (χ4n) is 3.48. The second-order valence-corrected chi connectivity index (χ2v) is 7.21. The Bertz CT molecular complexity index is 793. The summed E-state index contributed by atoms with van der Waals surface area (Å²) in [5, 5.41) is 7.17. The number of aromatic nitrogens is 2. The second-order valence-electron chi connectivity index (χ2n) is 7.21. The number of ether oxygens (including phenoxy) is 1. The monoisotopic (exact) mass is 419 g/mol. The van der Waals surface area contributed by atoms with Crippen LogP contribution in [0.5, 0.6) is 5.75 Å². The van der Waals surface area contributed by atoms with Gasteiger partial charge in [0.15, 0.2) is 0 Å². The number of benzene rings is 1. The predicted molar refractivity (Wildman–Crippen MR) is 94.3 cm³/mol. The molecule has 29 heavy (non-hydrogen) atoms. The van der Waals surface area contributed by atoms with Gasteiger partial charge in [-0.05, 0) is 44.7 Å². The molecule has 2 heterocycles. The Hall–Kier alpha value is -2.23. The van der Waals surface area contributed by atoms with Gasteiger partial charge in [0.2, 0.25) is 5.89 Å². The maximum atomic E-state index is 14.2. The molecule has 3 rings (SSSR count). The zero-order chi connectivity index (χ0) is 21.0. The number of nitrogens with zero attached hydrogens (tertiary/aromatic N) is 3. The molecule has 0 bridgehead atoms. The molecule has 0 N–H and O–H groups in total. The average molecular weight is 419 g/mol. The Kier molecular flexibility index (Phi) is 6.71. The van der Waals surface area contributed by atoms with Crippen molar-refractivity contribution in [2.45, 2.75) is 38.8 Å². The molecule has 1 saturated heterocycles. The lowest BCUT2D eigenvalue weighted by Gasteiger charge is -2.32. The van der Waals surface area contributed by atoms with E-state index in [1.807, 2.05) is 0 Å². The molecule has 1 aromatic heterocycles. The Morgan fingerprint density at radius 1 is 1.14 bits per heavy atom. The average Bonchev–Trinajstić information content (AvgIpc) is 3.04. The normalized spacial score (nSPS) is 16.3. The fourth-order valence-corrected chi connectivity index (χ4v) is 3.48. The second kappa shape index (κ2) is 9.06. The molecule has 160 valence electrons. The van der Waals surface area contributed by atoms with Crippen molar-refractivity contribution in [2.24, 2.45) is 5.92 Å². The first-order chi connectivity index (χ1) is 13.7. The van der Waals surface area contributed by atoms with Gasteiger partial charge < -0.3 is 9.15 Å². The van der Waals surface area contributed by atoms with Crippen LogP contribution in [0.15, 0.2) is 16.5 Å². The Balaban J connectivity index is 1.43. The maximum absolute atomic E-state index is 14.2. The quantitative estimate of drug-likeness (QED) is 0.479. The van der Waals surface area contributed by atoms with E-state index in [0.717, 1.165) is 18.6 Å². The number of aryl methyl sites for hydroxylation is 1. The molecule has 10 heteroatoms. The van der Waals surface area contributed by atoms with E-state index in [0.29, 0.717) is 38.3 Å². The SMILES string of the molecule is Cc1nnc(-c2c(F)cc(OCCCC3CCN(CC(F)(F)F)CC3)cc2F)o1. The molecule has 1 aliphatic heterocycles. The van der Waals surface area contributed by atoms with Gasteiger partial charge in [-0.2, -0.15) is 13.2 Å². The van der Waals surface area contributed by atoms with Crippen LogP contribution in [-0.4, -0.2) is 47.5 Å². The summed E-state index contributed by atoms with van der Waals surface area (Å²) in [6, 6.07) is 2.13. The number of halogens is 5. The lowest BCUT2D eigenvalue weighted by Crippen LogP contribution is -2.40. The van der Waals surface area contributed by atoms with E-state index in [1.54, 1.807) is 0 Å². The molecule has 0 amide bonds. The van der Waals surface area contributed by atoms with Crippen LogP contribution < -0.4 is 4.74 Å². The van der Waals surface area contributed by atoms with Crippen molar-refractivity contribution in [2.75, 3.05) is 26.2 Å².